The second-order valence-electron chi connectivity index (χ2n) is 7.22. The van der Waals surface area contributed by atoms with Gasteiger partial charge in [-0.25, -0.2) is 9.18 Å². The molecular weight excluding hydrogens is 349 g/mol. The van der Waals surface area contributed by atoms with Crippen LogP contribution in [-0.2, 0) is 16.1 Å². The molecule has 2 heterocycles. The molecule has 0 aromatic heterocycles. The van der Waals surface area contributed by atoms with E-state index >= 15 is 0 Å². The van der Waals surface area contributed by atoms with Gasteiger partial charge in [0.15, 0.2) is 0 Å². The number of carbonyl (C=O) groups excluding carboxylic acids is 2. The fraction of sp³-hybridized carbons (Fsp3) is 0.600. The average Bonchev–Trinajstić information content (AvgIpc) is 2.68. The monoisotopic (exact) mass is 377 g/mol. The quantitative estimate of drug-likeness (QED) is 0.808. The highest BCUT2D eigenvalue weighted by Gasteiger charge is 2.32. The van der Waals surface area contributed by atoms with Crippen LogP contribution in [0, 0.1) is 11.7 Å². The van der Waals surface area contributed by atoms with Crippen molar-refractivity contribution in [3.63, 3.8) is 0 Å². The van der Waals surface area contributed by atoms with Gasteiger partial charge in [-0.2, -0.15) is 0 Å². The maximum atomic E-state index is 13.4. The minimum absolute atomic E-state index is 0.0264. The Morgan fingerprint density at radius 1 is 1.15 bits per heavy atom. The maximum absolute atomic E-state index is 13.4. The number of nitrogens with zero attached hydrogens (tertiary/aromatic N) is 3. The van der Waals surface area contributed by atoms with E-state index in [9.17, 15) is 14.0 Å². The van der Waals surface area contributed by atoms with Crippen molar-refractivity contribution in [3.05, 3.63) is 35.6 Å². The molecule has 2 aliphatic rings. The first-order valence-electron chi connectivity index (χ1n) is 9.74. The van der Waals surface area contributed by atoms with Crippen LogP contribution in [0.3, 0.4) is 0 Å². The summed E-state index contributed by atoms with van der Waals surface area (Å²) < 4.78 is 18.4. The Morgan fingerprint density at radius 2 is 1.89 bits per heavy atom. The summed E-state index contributed by atoms with van der Waals surface area (Å²) in [7, 11) is 0. The van der Waals surface area contributed by atoms with Crippen molar-refractivity contribution in [1.29, 1.82) is 0 Å². The lowest BCUT2D eigenvalue weighted by molar-refractivity contribution is -0.139. The summed E-state index contributed by atoms with van der Waals surface area (Å²) in [4.78, 5) is 30.5. The van der Waals surface area contributed by atoms with Crippen molar-refractivity contribution in [3.8, 4) is 0 Å². The van der Waals surface area contributed by atoms with Gasteiger partial charge in [0.2, 0.25) is 5.91 Å². The molecule has 6 nitrogen and oxygen atoms in total. The van der Waals surface area contributed by atoms with Gasteiger partial charge in [0.05, 0.1) is 12.5 Å². The predicted molar refractivity (Wildman–Crippen MR) is 99.6 cm³/mol. The highest BCUT2D eigenvalue weighted by molar-refractivity contribution is 5.79. The standard InChI is InChI=1S/C20H28FN3O3/c1-2-27-20(26)24-11-9-23(10-12-24)19(25)17-6-4-8-22(15-17)14-16-5-3-7-18(21)13-16/h3,5,7,13,17H,2,4,6,8-12,14-15H2,1H3/t17-/m1/s1. The third-order valence-corrected chi connectivity index (χ3v) is 5.27. The van der Waals surface area contributed by atoms with Crippen LogP contribution in [-0.4, -0.2) is 72.6 Å². The van der Waals surface area contributed by atoms with Crippen LogP contribution in [0.2, 0.25) is 0 Å². The third-order valence-electron chi connectivity index (χ3n) is 5.27. The van der Waals surface area contributed by atoms with Gasteiger partial charge >= 0.3 is 6.09 Å². The zero-order chi connectivity index (χ0) is 19.2. The fourth-order valence-corrected chi connectivity index (χ4v) is 3.88. The Labute approximate surface area is 159 Å². The summed E-state index contributed by atoms with van der Waals surface area (Å²) in [6.45, 7) is 6.59. The maximum Gasteiger partial charge on any atom is 0.409 e. The zero-order valence-corrected chi connectivity index (χ0v) is 15.9. The Morgan fingerprint density at radius 3 is 2.59 bits per heavy atom. The van der Waals surface area contributed by atoms with Crippen LogP contribution < -0.4 is 0 Å². The van der Waals surface area contributed by atoms with E-state index in [2.05, 4.69) is 4.90 Å². The number of likely N-dealkylation sites (tertiary alicyclic amines) is 1. The molecule has 1 atom stereocenters. The molecular formula is C20H28FN3O3. The smallest absolute Gasteiger partial charge is 0.409 e. The SMILES string of the molecule is CCOC(=O)N1CCN(C(=O)[C@@H]2CCCN(Cc3cccc(F)c3)C2)CC1. The molecule has 0 saturated carbocycles. The van der Waals surface area contributed by atoms with Crippen molar-refractivity contribution in [2.24, 2.45) is 5.92 Å². The number of amides is 2. The fourth-order valence-electron chi connectivity index (χ4n) is 3.88. The van der Waals surface area contributed by atoms with Crippen molar-refractivity contribution >= 4 is 12.0 Å². The second kappa shape index (κ2) is 9.17. The highest BCUT2D eigenvalue weighted by Crippen LogP contribution is 2.21. The molecule has 0 N–H and O–H groups in total. The summed E-state index contributed by atoms with van der Waals surface area (Å²) in [6, 6.07) is 6.64. The lowest BCUT2D eigenvalue weighted by atomic mass is 9.95. The summed E-state index contributed by atoms with van der Waals surface area (Å²) in [6.07, 6.45) is 1.55. The number of piperidine rings is 1. The summed E-state index contributed by atoms with van der Waals surface area (Å²) in [5, 5.41) is 0. The molecule has 2 saturated heterocycles. The Hall–Kier alpha value is -2.15. The summed E-state index contributed by atoms with van der Waals surface area (Å²) in [5.41, 5.74) is 0.936. The zero-order valence-electron chi connectivity index (χ0n) is 15.9. The van der Waals surface area contributed by atoms with Gasteiger partial charge in [-0.15, -0.1) is 0 Å². The van der Waals surface area contributed by atoms with Crippen LogP contribution in [0.4, 0.5) is 9.18 Å². The first-order valence-corrected chi connectivity index (χ1v) is 9.74. The van der Waals surface area contributed by atoms with Gasteiger partial charge in [0, 0.05) is 39.3 Å². The lowest BCUT2D eigenvalue weighted by Gasteiger charge is -2.38. The molecule has 2 amide bonds. The van der Waals surface area contributed by atoms with Crippen molar-refractivity contribution < 1.29 is 18.7 Å². The molecule has 7 heteroatoms. The molecule has 148 valence electrons. The summed E-state index contributed by atoms with van der Waals surface area (Å²) >= 11 is 0. The molecule has 2 fully saturated rings. The Kier molecular flexibility index (Phi) is 6.66. The van der Waals surface area contributed by atoms with Crippen molar-refractivity contribution in [2.45, 2.75) is 26.3 Å². The van der Waals surface area contributed by atoms with Gasteiger partial charge in [0.1, 0.15) is 5.82 Å². The number of rotatable bonds is 4. The molecule has 1 aromatic rings. The topological polar surface area (TPSA) is 53.1 Å². The van der Waals surface area contributed by atoms with Crippen LogP contribution in [0.25, 0.3) is 0 Å². The van der Waals surface area contributed by atoms with Gasteiger partial charge in [-0.05, 0) is 44.0 Å². The van der Waals surface area contributed by atoms with Gasteiger partial charge in [-0.3, -0.25) is 9.69 Å². The molecule has 27 heavy (non-hydrogen) atoms. The molecule has 0 unspecified atom stereocenters. The van der Waals surface area contributed by atoms with E-state index in [1.807, 2.05) is 11.0 Å². The largest absolute Gasteiger partial charge is 0.450 e. The molecule has 0 bridgehead atoms. The number of hydrogen-bond donors (Lipinski definition) is 0. The Bertz CT molecular complexity index is 662. The molecule has 0 aliphatic carbocycles. The van der Waals surface area contributed by atoms with Gasteiger partial charge in [0.25, 0.3) is 0 Å². The first-order chi connectivity index (χ1) is 13.1. The van der Waals surface area contributed by atoms with Crippen LogP contribution in [0.1, 0.15) is 25.3 Å². The highest BCUT2D eigenvalue weighted by atomic mass is 19.1. The predicted octanol–water partition coefficient (Wildman–Crippen LogP) is 2.34. The van der Waals surface area contributed by atoms with E-state index in [0.717, 1.165) is 24.9 Å². The van der Waals surface area contributed by atoms with Crippen molar-refractivity contribution in [1.82, 2.24) is 14.7 Å². The van der Waals surface area contributed by atoms with Crippen LogP contribution in [0.15, 0.2) is 24.3 Å². The molecule has 3 rings (SSSR count). The lowest BCUT2D eigenvalue weighted by Crippen LogP contribution is -2.53. The normalized spacial score (nSPS) is 21.2. The van der Waals surface area contributed by atoms with E-state index in [1.165, 1.54) is 6.07 Å². The number of carbonyl (C=O) groups is 2. The van der Waals surface area contributed by atoms with Crippen LogP contribution >= 0.6 is 0 Å². The third kappa shape index (κ3) is 5.19. The molecule has 2 aliphatic heterocycles. The number of piperazine rings is 1. The number of hydrogen-bond acceptors (Lipinski definition) is 4. The van der Waals surface area contributed by atoms with E-state index < -0.39 is 0 Å². The number of ether oxygens (including phenoxy) is 1. The van der Waals surface area contributed by atoms with E-state index in [0.29, 0.717) is 45.9 Å². The minimum atomic E-state index is -0.302. The van der Waals surface area contributed by atoms with E-state index in [1.54, 1.807) is 24.0 Å². The van der Waals surface area contributed by atoms with Gasteiger partial charge in [-0.1, -0.05) is 12.1 Å². The van der Waals surface area contributed by atoms with Gasteiger partial charge < -0.3 is 14.5 Å². The first kappa shape index (κ1) is 19.6. The molecule has 0 spiro atoms. The second-order valence-corrected chi connectivity index (χ2v) is 7.22. The average molecular weight is 377 g/mol. The summed E-state index contributed by atoms with van der Waals surface area (Å²) in [5.74, 6) is -0.0829. The van der Waals surface area contributed by atoms with Crippen molar-refractivity contribution in [2.75, 3.05) is 45.9 Å². The van der Waals surface area contributed by atoms with E-state index in [4.69, 9.17) is 4.74 Å². The molecule has 0 radical (unpaired) electrons. The van der Waals surface area contributed by atoms with Crippen LogP contribution in [0.5, 0.6) is 0 Å². The Balaban J connectivity index is 1.51. The number of halogens is 1. The minimum Gasteiger partial charge on any atom is -0.450 e. The number of benzene rings is 1. The van der Waals surface area contributed by atoms with E-state index in [-0.39, 0.29) is 23.7 Å². The molecule has 1 aromatic carbocycles.